The summed E-state index contributed by atoms with van der Waals surface area (Å²) in [5.74, 6) is 1.84. The Bertz CT molecular complexity index is 774. The molecule has 4 unspecified atom stereocenters. The molecule has 0 aliphatic heterocycles. The molecule has 4 aliphatic rings. The van der Waals surface area contributed by atoms with Crippen LogP contribution in [0.1, 0.15) is 72.5 Å². The fourth-order valence-electron chi connectivity index (χ4n) is 5.26. The first-order valence-electron chi connectivity index (χ1n) is 9.99. The van der Waals surface area contributed by atoms with E-state index in [2.05, 4.69) is 21.1 Å². The summed E-state index contributed by atoms with van der Waals surface area (Å²) in [6.07, 6.45) is 9.27. The van der Waals surface area contributed by atoms with Crippen molar-refractivity contribution in [2.75, 3.05) is 0 Å². The predicted molar refractivity (Wildman–Crippen MR) is 99.4 cm³/mol. The van der Waals surface area contributed by atoms with Crippen molar-refractivity contribution in [3.05, 3.63) is 23.7 Å². The molecule has 4 bridgehead atoms. The van der Waals surface area contributed by atoms with E-state index in [0.29, 0.717) is 11.8 Å². The molecule has 0 saturated heterocycles. The van der Waals surface area contributed by atoms with E-state index in [9.17, 15) is 9.59 Å². The zero-order chi connectivity index (χ0) is 18.4. The second kappa shape index (κ2) is 6.62. The maximum absolute atomic E-state index is 12.2. The quantitative estimate of drug-likeness (QED) is 0.799. The van der Waals surface area contributed by atoms with Crippen molar-refractivity contribution in [1.29, 1.82) is 0 Å². The van der Waals surface area contributed by atoms with E-state index in [1.54, 1.807) is 0 Å². The Hall–Kier alpha value is -2.44. The van der Waals surface area contributed by atoms with Crippen LogP contribution in [-0.4, -0.2) is 23.2 Å². The van der Waals surface area contributed by atoms with Crippen LogP contribution in [0.25, 0.3) is 0 Å². The van der Waals surface area contributed by atoms with E-state index in [1.165, 1.54) is 50.7 Å². The van der Waals surface area contributed by atoms with Gasteiger partial charge in [0.15, 0.2) is 11.5 Å². The van der Waals surface area contributed by atoms with Crippen molar-refractivity contribution in [2.45, 2.75) is 51.4 Å². The maximum atomic E-state index is 12.2. The van der Waals surface area contributed by atoms with Gasteiger partial charge in [-0.05, 0) is 87.2 Å². The van der Waals surface area contributed by atoms with E-state index in [-0.39, 0.29) is 11.5 Å². The number of furan rings is 1. The lowest BCUT2D eigenvalue weighted by Crippen LogP contribution is -2.22. The minimum atomic E-state index is -0.427. The van der Waals surface area contributed by atoms with Crippen molar-refractivity contribution in [3.63, 3.8) is 0 Å². The second-order valence-corrected chi connectivity index (χ2v) is 8.41. The monoisotopic (exact) mass is 368 g/mol. The number of amides is 2. The fourth-order valence-corrected chi connectivity index (χ4v) is 5.26. The molecule has 0 radical (unpaired) electrons. The van der Waals surface area contributed by atoms with Gasteiger partial charge in [0.1, 0.15) is 0 Å². The summed E-state index contributed by atoms with van der Waals surface area (Å²) in [5.41, 5.74) is 7.32. The van der Waals surface area contributed by atoms with Gasteiger partial charge >= 0.3 is 11.8 Å². The molecular formula is C20H24N4O3. The summed E-state index contributed by atoms with van der Waals surface area (Å²) >= 11 is 0. The van der Waals surface area contributed by atoms with E-state index in [0.717, 1.165) is 36.1 Å². The average Bonchev–Trinajstić information content (AvgIpc) is 3.48. The lowest BCUT2D eigenvalue weighted by Gasteiger charge is -2.11. The first kappa shape index (κ1) is 16.7. The van der Waals surface area contributed by atoms with Gasteiger partial charge in [0.2, 0.25) is 0 Å². The topological polar surface area (TPSA) is 96.1 Å². The molecule has 1 aromatic rings. The predicted octanol–water partition coefficient (Wildman–Crippen LogP) is 3.09. The average molecular weight is 368 g/mol. The molecule has 0 spiro atoms. The molecule has 2 N–H and O–H groups in total. The van der Waals surface area contributed by atoms with E-state index in [4.69, 9.17) is 4.42 Å². The highest BCUT2D eigenvalue weighted by Gasteiger charge is 2.37. The van der Waals surface area contributed by atoms with E-state index < -0.39 is 11.8 Å². The summed E-state index contributed by atoms with van der Waals surface area (Å²) in [4.78, 5) is 24.5. The third-order valence-corrected chi connectivity index (χ3v) is 6.68. The van der Waals surface area contributed by atoms with Crippen LogP contribution in [0.3, 0.4) is 0 Å². The van der Waals surface area contributed by atoms with E-state index in [1.807, 2.05) is 0 Å². The minimum absolute atomic E-state index is 0.0835. The van der Waals surface area contributed by atoms with E-state index >= 15 is 0 Å². The lowest BCUT2D eigenvalue weighted by atomic mass is 9.99. The fraction of sp³-hybridized carbons (Fsp3) is 0.600. The van der Waals surface area contributed by atoms with Crippen LogP contribution in [0.15, 0.2) is 26.8 Å². The summed E-state index contributed by atoms with van der Waals surface area (Å²) in [6.45, 7) is 0. The van der Waals surface area contributed by atoms with Gasteiger partial charge in [-0.25, -0.2) is 10.9 Å². The number of nitrogens with one attached hydrogen (secondary N) is 2. The zero-order valence-corrected chi connectivity index (χ0v) is 15.2. The molecule has 4 aliphatic carbocycles. The molecule has 142 valence electrons. The van der Waals surface area contributed by atoms with Crippen molar-refractivity contribution < 1.29 is 14.0 Å². The molecule has 1 aromatic heterocycles. The number of carbonyl (C=O) groups excluding carboxylic acids is 2. The highest BCUT2D eigenvalue weighted by molar-refractivity contribution is 5.98. The van der Waals surface area contributed by atoms with Gasteiger partial charge in [0.25, 0.3) is 0 Å². The molecular weight excluding hydrogens is 344 g/mol. The van der Waals surface area contributed by atoms with Crippen LogP contribution in [-0.2, 0) is 0 Å². The smallest absolute Gasteiger partial charge is 0.307 e. The highest BCUT2D eigenvalue weighted by Crippen LogP contribution is 2.43. The van der Waals surface area contributed by atoms with Crippen molar-refractivity contribution >= 4 is 23.2 Å². The number of hydrogen-bond acceptors (Lipinski definition) is 5. The first-order chi connectivity index (χ1) is 13.2. The van der Waals surface area contributed by atoms with Crippen LogP contribution in [0.5, 0.6) is 0 Å². The molecule has 4 saturated carbocycles. The maximum Gasteiger partial charge on any atom is 0.307 e. The Labute approximate surface area is 157 Å². The van der Waals surface area contributed by atoms with Gasteiger partial charge in [-0.2, -0.15) is 10.2 Å². The summed E-state index contributed by atoms with van der Waals surface area (Å²) < 4.78 is 5.40. The van der Waals surface area contributed by atoms with Gasteiger partial charge in [-0.3, -0.25) is 9.59 Å². The second-order valence-electron chi connectivity index (χ2n) is 8.41. The molecule has 7 heteroatoms. The van der Waals surface area contributed by atoms with Gasteiger partial charge in [-0.1, -0.05) is 0 Å². The largest absolute Gasteiger partial charge is 0.446 e. The number of hydrogen-bond donors (Lipinski definition) is 2. The molecule has 27 heavy (non-hydrogen) atoms. The zero-order valence-electron chi connectivity index (χ0n) is 15.2. The van der Waals surface area contributed by atoms with Crippen LogP contribution in [0.4, 0.5) is 0 Å². The van der Waals surface area contributed by atoms with Gasteiger partial charge in [0, 0.05) is 11.4 Å². The number of fused-ring (bicyclic) bond motifs is 4. The molecule has 4 fully saturated rings. The Balaban J connectivity index is 1.18. The molecule has 7 nitrogen and oxygen atoms in total. The minimum Gasteiger partial charge on any atom is -0.446 e. The molecule has 4 atom stereocenters. The molecule has 1 heterocycles. The van der Waals surface area contributed by atoms with Crippen molar-refractivity contribution in [3.8, 4) is 0 Å². The molecule has 2 amide bonds. The molecule has 5 rings (SSSR count). The van der Waals surface area contributed by atoms with Gasteiger partial charge in [-0.15, -0.1) is 0 Å². The summed E-state index contributed by atoms with van der Waals surface area (Å²) in [7, 11) is 0. The third kappa shape index (κ3) is 3.19. The van der Waals surface area contributed by atoms with Crippen molar-refractivity contribution in [2.24, 2.45) is 33.9 Å². The Kier molecular flexibility index (Phi) is 4.10. The molecule has 0 aromatic carbocycles. The number of carbonyl (C=O) groups is 2. The normalized spacial score (nSPS) is 33.9. The van der Waals surface area contributed by atoms with Crippen LogP contribution in [0.2, 0.25) is 0 Å². The standard InChI is InChI=1S/C20H24N4O3/c25-19(23-21-15-9-11-1-3-13(15)7-11)17-5-6-18(27-17)20(26)24-22-16-10-12-2-4-14(16)8-12/h5-6,11-14H,1-4,7-10H2,(H,23,25)(H,24,26)/b21-15+,22-16+. The Morgan fingerprint density at radius 3 is 1.67 bits per heavy atom. The summed E-state index contributed by atoms with van der Waals surface area (Å²) in [6, 6.07) is 2.99. The number of hydrazone groups is 2. The number of rotatable bonds is 4. The van der Waals surface area contributed by atoms with Crippen LogP contribution in [0, 0.1) is 23.7 Å². The van der Waals surface area contributed by atoms with Crippen LogP contribution >= 0.6 is 0 Å². The lowest BCUT2D eigenvalue weighted by molar-refractivity contribution is 0.0901. The highest BCUT2D eigenvalue weighted by atomic mass is 16.4. The van der Waals surface area contributed by atoms with Gasteiger partial charge in [0.05, 0.1) is 0 Å². The third-order valence-electron chi connectivity index (χ3n) is 6.68. The van der Waals surface area contributed by atoms with Gasteiger partial charge < -0.3 is 4.42 Å². The SMILES string of the molecule is O=C(N/N=C1\CC2CCC1C2)c1ccc(C(=O)N/N=C2\CC3CCC2C3)o1. The van der Waals surface area contributed by atoms with Crippen LogP contribution < -0.4 is 10.9 Å². The number of nitrogens with zero attached hydrogens (tertiary/aromatic N) is 2. The Morgan fingerprint density at radius 1 is 0.815 bits per heavy atom. The Morgan fingerprint density at radius 2 is 1.30 bits per heavy atom. The summed E-state index contributed by atoms with van der Waals surface area (Å²) in [5, 5.41) is 8.56. The van der Waals surface area contributed by atoms with Crippen molar-refractivity contribution in [1.82, 2.24) is 10.9 Å². The first-order valence-corrected chi connectivity index (χ1v) is 9.99.